The highest BCUT2D eigenvalue weighted by Gasteiger charge is 2.49. The van der Waals surface area contributed by atoms with Gasteiger partial charge in [0.15, 0.2) is 0 Å². The summed E-state index contributed by atoms with van der Waals surface area (Å²) in [5, 5.41) is 4.89. The number of amides is 4. The summed E-state index contributed by atoms with van der Waals surface area (Å²) in [5.41, 5.74) is -0.919. The fourth-order valence-corrected chi connectivity index (χ4v) is 2.45. The molecular formula is C11H18N4O3. The molecule has 0 aromatic rings. The van der Waals surface area contributed by atoms with Crippen molar-refractivity contribution in [3.05, 3.63) is 0 Å². The van der Waals surface area contributed by atoms with Crippen molar-refractivity contribution in [2.24, 2.45) is 0 Å². The Bertz CT molecular complexity index is 396. The molecule has 0 aromatic heterocycles. The number of nitrogens with zero attached hydrogens (tertiary/aromatic N) is 2. The van der Waals surface area contributed by atoms with Gasteiger partial charge >= 0.3 is 6.03 Å². The Morgan fingerprint density at radius 2 is 2.17 bits per heavy atom. The number of carbonyl (C=O) groups is 3. The van der Waals surface area contributed by atoms with Crippen molar-refractivity contribution >= 4 is 17.8 Å². The van der Waals surface area contributed by atoms with Gasteiger partial charge < -0.3 is 15.1 Å². The van der Waals surface area contributed by atoms with E-state index in [9.17, 15) is 14.4 Å². The maximum atomic E-state index is 12.0. The van der Waals surface area contributed by atoms with E-state index in [2.05, 4.69) is 10.6 Å². The zero-order chi connectivity index (χ0) is 13.3. The largest absolute Gasteiger partial charge is 0.339 e. The van der Waals surface area contributed by atoms with Gasteiger partial charge in [-0.1, -0.05) is 0 Å². The number of hydrogen-bond acceptors (Lipinski definition) is 4. The molecule has 1 atom stereocenters. The number of likely N-dealkylation sites (tertiary alicyclic amines) is 1. The van der Waals surface area contributed by atoms with Gasteiger partial charge in [-0.05, 0) is 26.9 Å². The molecule has 0 bridgehead atoms. The maximum Gasteiger partial charge on any atom is 0.322 e. The van der Waals surface area contributed by atoms with Crippen molar-refractivity contribution in [1.29, 1.82) is 0 Å². The number of rotatable bonds is 2. The SMILES string of the molecule is CN(C)CC(=O)N1CCCC2(C1)NC(=O)NC2=O. The van der Waals surface area contributed by atoms with Crippen LogP contribution in [0.4, 0.5) is 4.79 Å². The maximum absolute atomic E-state index is 12.0. The highest BCUT2D eigenvalue weighted by Crippen LogP contribution is 2.24. The summed E-state index contributed by atoms with van der Waals surface area (Å²) in [4.78, 5) is 38.4. The molecule has 2 heterocycles. The monoisotopic (exact) mass is 254 g/mol. The molecule has 100 valence electrons. The molecule has 0 aromatic carbocycles. The average Bonchev–Trinajstić information content (AvgIpc) is 2.52. The van der Waals surface area contributed by atoms with Crippen molar-refractivity contribution < 1.29 is 14.4 Å². The van der Waals surface area contributed by atoms with E-state index in [-0.39, 0.29) is 18.4 Å². The third kappa shape index (κ3) is 2.31. The average molecular weight is 254 g/mol. The molecule has 7 nitrogen and oxygen atoms in total. The molecule has 1 unspecified atom stereocenters. The molecule has 18 heavy (non-hydrogen) atoms. The first-order chi connectivity index (χ1) is 8.43. The fourth-order valence-electron chi connectivity index (χ4n) is 2.45. The van der Waals surface area contributed by atoms with E-state index in [1.165, 1.54) is 0 Å². The molecule has 7 heteroatoms. The summed E-state index contributed by atoms with van der Waals surface area (Å²) in [6, 6.07) is -0.470. The number of nitrogens with one attached hydrogen (secondary N) is 2. The molecule has 2 aliphatic heterocycles. The van der Waals surface area contributed by atoms with Crippen LogP contribution in [0.25, 0.3) is 0 Å². The van der Waals surface area contributed by atoms with Gasteiger partial charge in [0.2, 0.25) is 5.91 Å². The van der Waals surface area contributed by atoms with Gasteiger partial charge in [-0.3, -0.25) is 14.9 Å². The van der Waals surface area contributed by atoms with E-state index in [4.69, 9.17) is 0 Å². The van der Waals surface area contributed by atoms with Crippen LogP contribution in [0.5, 0.6) is 0 Å². The number of urea groups is 1. The first kappa shape index (κ1) is 12.8. The van der Waals surface area contributed by atoms with E-state index in [1.54, 1.807) is 9.80 Å². The van der Waals surface area contributed by atoms with Gasteiger partial charge in [0, 0.05) is 6.54 Å². The normalized spacial score (nSPS) is 27.6. The number of likely N-dealkylation sites (N-methyl/N-ethyl adjacent to an activating group) is 1. The molecule has 2 N–H and O–H groups in total. The second-order valence-electron chi connectivity index (χ2n) is 5.15. The third-order valence-electron chi connectivity index (χ3n) is 3.31. The lowest BCUT2D eigenvalue weighted by Gasteiger charge is -2.38. The smallest absolute Gasteiger partial charge is 0.322 e. The van der Waals surface area contributed by atoms with Gasteiger partial charge in [0.25, 0.3) is 5.91 Å². The highest BCUT2D eigenvalue weighted by atomic mass is 16.2. The molecule has 1 spiro atoms. The molecular weight excluding hydrogens is 236 g/mol. The second-order valence-corrected chi connectivity index (χ2v) is 5.15. The molecule has 2 rings (SSSR count). The highest BCUT2D eigenvalue weighted by molar-refractivity contribution is 6.07. The summed E-state index contributed by atoms with van der Waals surface area (Å²) < 4.78 is 0. The fraction of sp³-hybridized carbons (Fsp3) is 0.727. The summed E-state index contributed by atoms with van der Waals surface area (Å²) in [7, 11) is 3.64. The van der Waals surface area contributed by atoms with Crippen LogP contribution in [0.15, 0.2) is 0 Å². The quantitative estimate of drug-likeness (QED) is 0.603. The zero-order valence-electron chi connectivity index (χ0n) is 10.7. The van der Waals surface area contributed by atoms with Crippen LogP contribution in [0.3, 0.4) is 0 Å². The summed E-state index contributed by atoms with van der Waals surface area (Å²) in [5.74, 6) is -0.345. The van der Waals surface area contributed by atoms with Crippen LogP contribution in [0, 0.1) is 0 Å². The number of piperidine rings is 1. The minimum absolute atomic E-state index is 0.0203. The molecule has 2 saturated heterocycles. The minimum Gasteiger partial charge on any atom is -0.339 e. The summed E-state index contributed by atoms with van der Waals surface area (Å²) in [6.07, 6.45) is 1.29. The second kappa shape index (κ2) is 4.56. The van der Waals surface area contributed by atoms with Gasteiger partial charge in [0.1, 0.15) is 5.54 Å². The van der Waals surface area contributed by atoms with Crippen LogP contribution in [0.2, 0.25) is 0 Å². The predicted octanol–water partition coefficient (Wildman–Crippen LogP) is -1.25. The molecule has 0 aliphatic carbocycles. The Hall–Kier alpha value is -1.63. The molecule has 4 amide bonds. The molecule has 0 radical (unpaired) electrons. The Labute approximate surface area is 105 Å². The van der Waals surface area contributed by atoms with Crippen LogP contribution in [-0.2, 0) is 9.59 Å². The van der Waals surface area contributed by atoms with E-state index >= 15 is 0 Å². The Morgan fingerprint density at radius 3 is 2.72 bits per heavy atom. The standard InChI is InChI=1S/C11H18N4O3/c1-14(2)6-8(16)15-5-3-4-11(7-15)9(17)12-10(18)13-11/h3-7H2,1-2H3,(H2,12,13,17,18). The Balaban J connectivity index is 2.07. The number of hydrogen-bond donors (Lipinski definition) is 2. The summed E-state index contributed by atoms with van der Waals surface area (Å²) in [6.45, 7) is 1.21. The lowest BCUT2D eigenvalue weighted by Crippen LogP contribution is -2.60. The Morgan fingerprint density at radius 1 is 1.44 bits per heavy atom. The lowest BCUT2D eigenvalue weighted by atomic mass is 9.89. The van der Waals surface area contributed by atoms with Crippen molar-refractivity contribution in [3.8, 4) is 0 Å². The molecule has 0 saturated carbocycles. The Kier molecular flexibility index (Phi) is 3.25. The van der Waals surface area contributed by atoms with E-state index in [0.717, 1.165) is 0 Å². The number of imide groups is 1. The van der Waals surface area contributed by atoms with E-state index < -0.39 is 11.6 Å². The molecule has 2 fully saturated rings. The van der Waals surface area contributed by atoms with Crippen LogP contribution in [-0.4, -0.2) is 66.9 Å². The van der Waals surface area contributed by atoms with E-state index in [0.29, 0.717) is 25.9 Å². The van der Waals surface area contributed by atoms with Crippen LogP contribution < -0.4 is 10.6 Å². The van der Waals surface area contributed by atoms with Crippen molar-refractivity contribution in [2.45, 2.75) is 18.4 Å². The van der Waals surface area contributed by atoms with Crippen LogP contribution in [0.1, 0.15) is 12.8 Å². The van der Waals surface area contributed by atoms with E-state index in [1.807, 2.05) is 14.1 Å². The predicted molar refractivity (Wildman–Crippen MR) is 63.8 cm³/mol. The van der Waals surface area contributed by atoms with Gasteiger partial charge in [-0.2, -0.15) is 0 Å². The molecule has 2 aliphatic rings. The topological polar surface area (TPSA) is 81.8 Å². The lowest BCUT2D eigenvalue weighted by molar-refractivity contribution is -0.136. The first-order valence-electron chi connectivity index (χ1n) is 5.99. The number of carbonyl (C=O) groups excluding carboxylic acids is 3. The van der Waals surface area contributed by atoms with Crippen molar-refractivity contribution in [2.75, 3.05) is 33.7 Å². The van der Waals surface area contributed by atoms with Crippen LogP contribution >= 0.6 is 0 Å². The minimum atomic E-state index is -0.919. The van der Waals surface area contributed by atoms with Gasteiger partial charge in [-0.25, -0.2) is 4.79 Å². The van der Waals surface area contributed by atoms with Gasteiger partial charge in [0.05, 0.1) is 13.1 Å². The van der Waals surface area contributed by atoms with Crippen molar-refractivity contribution in [1.82, 2.24) is 20.4 Å². The third-order valence-corrected chi connectivity index (χ3v) is 3.31. The van der Waals surface area contributed by atoms with Gasteiger partial charge in [-0.15, -0.1) is 0 Å². The summed E-state index contributed by atoms with van der Waals surface area (Å²) >= 11 is 0. The first-order valence-corrected chi connectivity index (χ1v) is 5.99. The zero-order valence-corrected chi connectivity index (χ0v) is 10.7. The van der Waals surface area contributed by atoms with Crippen molar-refractivity contribution in [3.63, 3.8) is 0 Å².